The zero-order valence-electron chi connectivity index (χ0n) is 10.9. The largest absolute Gasteiger partial charge is 0.478 e. The van der Waals surface area contributed by atoms with Gasteiger partial charge < -0.3 is 10.4 Å². The number of alkyl halides is 3. The molecular weight excluding hydrogens is 273 g/mol. The Morgan fingerprint density at radius 1 is 1.45 bits per heavy atom. The number of carboxylic acids is 1. The van der Waals surface area contributed by atoms with Gasteiger partial charge >= 0.3 is 12.1 Å². The average Bonchev–Trinajstić information content (AvgIpc) is 2.37. The first-order chi connectivity index (χ1) is 9.27. The number of pyridine rings is 1. The number of carbonyl (C=O) groups is 1. The lowest BCUT2D eigenvalue weighted by molar-refractivity contribution is -0.141. The van der Waals surface area contributed by atoms with Crippen molar-refractivity contribution in [3.63, 3.8) is 0 Å². The van der Waals surface area contributed by atoms with E-state index < -0.39 is 17.8 Å². The molecule has 0 radical (unpaired) electrons. The number of halogens is 3. The molecule has 0 saturated carbocycles. The van der Waals surface area contributed by atoms with Crippen molar-refractivity contribution >= 4 is 17.4 Å². The number of rotatable bonds is 6. The maximum Gasteiger partial charge on any atom is 0.433 e. The molecule has 1 rings (SSSR count). The number of unbranched alkanes of at least 4 members (excludes halogenated alkanes) is 1. The molecular formula is C13H15F3N2O2. The van der Waals surface area contributed by atoms with E-state index in [0.717, 1.165) is 25.0 Å². The Morgan fingerprint density at radius 3 is 2.60 bits per heavy atom. The van der Waals surface area contributed by atoms with Gasteiger partial charge in [-0.05, 0) is 18.6 Å². The van der Waals surface area contributed by atoms with E-state index in [9.17, 15) is 18.0 Å². The highest BCUT2D eigenvalue weighted by Gasteiger charge is 2.33. The van der Waals surface area contributed by atoms with Crippen molar-refractivity contribution in [1.29, 1.82) is 0 Å². The standard InChI is InChI=1S/C13H15F3N2O2/c1-3-4-7-17-11-9(8(2)12(19)20)5-6-10(18-11)13(14,15)16/h5-6H,2-4,7H2,1H3,(H,17,18)(H,19,20). The van der Waals surface area contributed by atoms with Gasteiger partial charge in [0.15, 0.2) is 0 Å². The van der Waals surface area contributed by atoms with Crippen LogP contribution >= 0.6 is 0 Å². The molecule has 2 N–H and O–H groups in total. The number of aliphatic carboxylic acids is 1. The molecule has 0 spiro atoms. The number of aromatic nitrogens is 1. The number of carboxylic acid groups (broad SMARTS) is 1. The summed E-state index contributed by atoms with van der Waals surface area (Å²) in [4.78, 5) is 14.3. The molecule has 0 bridgehead atoms. The average molecular weight is 288 g/mol. The van der Waals surface area contributed by atoms with Gasteiger partial charge in [-0.25, -0.2) is 9.78 Å². The van der Waals surface area contributed by atoms with E-state index >= 15 is 0 Å². The van der Waals surface area contributed by atoms with E-state index in [0.29, 0.717) is 6.54 Å². The van der Waals surface area contributed by atoms with Crippen LogP contribution in [0.4, 0.5) is 19.0 Å². The Labute approximate surface area is 114 Å². The molecule has 0 aromatic carbocycles. The Morgan fingerprint density at radius 2 is 2.10 bits per heavy atom. The Hall–Kier alpha value is -2.05. The molecule has 1 heterocycles. The summed E-state index contributed by atoms with van der Waals surface area (Å²) >= 11 is 0. The predicted octanol–water partition coefficient (Wildman–Crippen LogP) is 3.41. The van der Waals surface area contributed by atoms with Gasteiger partial charge in [-0.2, -0.15) is 13.2 Å². The molecule has 110 valence electrons. The number of hydrogen-bond donors (Lipinski definition) is 2. The molecule has 0 aliphatic heterocycles. The third kappa shape index (κ3) is 3.97. The first-order valence-corrected chi connectivity index (χ1v) is 6.02. The van der Waals surface area contributed by atoms with Gasteiger partial charge in [-0.3, -0.25) is 0 Å². The van der Waals surface area contributed by atoms with E-state index in [1.54, 1.807) is 0 Å². The molecule has 1 aromatic heterocycles. The number of hydrogen-bond acceptors (Lipinski definition) is 3. The lowest BCUT2D eigenvalue weighted by atomic mass is 10.1. The number of nitrogens with one attached hydrogen (secondary N) is 1. The van der Waals surface area contributed by atoms with Gasteiger partial charge in [0.25, 0.3) is 0 Å². The third-order valence-electron chi connectivity index (χ3n) is 2.59. The first kappa shape index (κ1) is 16.0. The van der Waals surface area contributed by atoms with Gasteiger partial charge in [-0.15, -0.1) is 0 Å². The lowest BCUT2D eigenvalue weighted by Crippen LogP contribution is -2.13. The minimum atomic E-state index is -4.58. The second-order valence-electron chi connectivity index (χ2n) is 4.15. The summed E-state index contributed by atoms with van der Waals surface area (Å²) in [6.45, 7) is 5.68. The molecule has 0 unspecified atom stereocenters. The molecule has 0 fully saturated rings. The SMILES string of the molecule is C=C(C(=O)O)c1ccc(C(F)(F)F)nc1NCCCC. The molecule has 20 heavy (non-hydrogen) atoms. The molecule has 1 aromatic rings. The maximum absolute atomic E-state index is 12.6. The van der Waals surface area contributed by atoms with Crippen LogP contribution < -0.4 is 5.32 Å². The van der Waals surface area contributed by atoms with Gasteiger partial charge in [0.05, 0.1) is 5.57 Å². The smallest absolute Gasteiger partial charge is 0.433 e. The van der Waals surface area contributed by atoms with Crippen LogP contribution in [0.25, 0.3) is 5.57 Å². The van der Waals surface area contributed by atoms with Crippen LogP contribution in [0.15, 0.2) is 18.7 Å². The zero-order chi connectivity index (χ0) is 15.3. The van der Waals surface area contributed by atoms with Crippen LogP contribution in [0.3, 0.4) is 0 Å². The summed E-state index contributed by atoms with van der Waals surface area (Å²) < 4.78 is 37.9. The summed E-state index contributed by atoms with van der Waals surface area (Å²) in [5.74, 6) is -1.41. The van der Waals surface area contributed by atoms with Crippen LogP contribution in [-0.2, 0) is 11.0 Å². The quantitative estimate of drug-likeness (QED) is 0.622. The lowest BCUT2D eigenvalue weighted by Gasteiger charge is -2.14. The Balaban J connectivity index is 3.16. The van der Waals surface area contributed by atoms with Crippen molar-refractivity contribution in [1.82, 2.24) is 4.98 Å². The zero-order valence-corrected chi connectivity index (χ0v) is 10.9. The first-order valence-electron chi connectivity index (χ1n) is 6.02. The normalized spacial score (nSPS) is 11.2. The fourth-order valence-electron chi connectivity index (χ4n) is 1.49. The van der Waals surface area contributed by atoms with Gasteiger partial charge in [0.2, 0.25) is 0 Å². The highest BCUT2D eigenvalue weighted by molar-refractivity contribution is 6.15. The van der Waals surface area contributed by atoms with Crippen molar-refractivity contribution in [2.24, 2.45) is 0 Å². The molecule has 4 nitrogen and oxygen atoms in total. The van der Waals surface area contributed by atoms with Crippen molar-refractivity contribution in [2.45, 2.75) is 25.9 Å². The predicted molar refractivity (Wildman–Crippen MR) is 69.3 cm³/mol. The minimum Gasteiger partial charge on any atom is -0.478 e. The van der Waals surface area contributed by atoms with Crippen molar-refractivity contribution < 1.29 is 23.1 Å². The molecule has 0 aliphatic rings. The van der Waals surface area contributed by atoms with Gasteiger partial charge in [0, 0.05) is 12.1 Å². The van der Waals surface area contributed by atoms with Gasteiger partial charge in [-0.1, -0.05) is 19.9 Å². The van der Waals surface area contributed by atoms with E-state index in [2.05, 4.69) is 16.9 Å². The second-order valence-corrected chi connectivity index (χ2v) is 4.15. The number of anilines is 1. The fourth-order valence-corrected chi connectivity index (χ4v) is 1.49. The van der Waals surface area contributed by atoms with Crippen molar-refractivity contribution in [3.05, 3.63) is 30.0 Å². The molecule has 0 atom stereocenters. The van der Waals surface area contributed by atoms with Crippen LogP contribution in [0.1, 0.15) is 31.0 Å². The summed E-state index contributed by atoms with van der Waals surface area (Å²) in [6, 6.07) is 1.81. The Kier molecular flexibility index (Phi) is 5.12. The molecule has 0 amide bonds. The van der Waals surface area contributed by atoms with E-state index in [4.69, 9.17) is 5.11 Å². The Bertz CT molecular complexity index is 513. The fraction of sp³-hybridized carbons (Fsp3) is 0.385. The van der Waals surface area contributed by atoms with E-state index in [1.165, 1.54) is 0 Å². The van der Waals surface area contributed by atoms with Crippen LogP contribution in [0.5, 0.6) is 0 Å². The van der Waals surface area contributed by atoms with Crippen LogP contribution in [0.2, 0.25) is 0 Å². The third-order valence-corrected chi connectivity index (χ3v) is 2.59. The summed E-state index contributed by atoms with van der Waals surface area (Å²) in [7, 11) is 0. The molecule has 7 heteroatoms. The molecule has 0 aliphatic carbocycles. The van der Waals surface area contributed by atoms with Gasteiger partial charge in [0.1, 0.15) is 11.5 Å². The van der Waals surface area contributed by atoms with Crippen molar-refractivity contribution in [3.8, 4) is 0 Å². The maximum atomic E-state index is 12.6. The summed E-state index contributed by atoms with van der Waals surface area (Å²) in [5, 5.41) is 11.6. The summed E-state index contributed by atoms with van der Waals surface area (Å²) in [5.41, 5.74) is -1.31. The number of nitrogens with zero attached hydrogens (tertiary/aromatic N) is 1. The minimum absolute atomic E-state index is 0.0570. The van der Waals surface area contributed by atoms with E-state index in [1.807, 2.05) is 6.92 Å². The second kappa shape index (κ2) is 6.40. The summed E-state index contributed by atoms with van der Waals surface area (Å²) in [6.07, 6.45) is -3.00. The van der Waals surface area contributed by atoms with Crippen LogP contribution in [0, 0.1) is 0 Å². The highest BCUT2D eigenvalue weighted by atomic mass is 19.4. The molecule has 0 saturated heterocycles. The topological polar surface area (TPSA) is 62.2 Å². The van der Waals surface area contributed by atoms with Crippen LogP contribution in [-0.4, -0.2) is 22.6 Å². The monoisotopic (exact) mass is 288 g/mol. The highest BCUT2D eigenvalue weighted by Crippen LogP contribution is 2.31. The van der Waals surface area contributed by atoms with Crippen molar-refractivity contribution in [2.75, 3.05) is 11.9 Å². The van der Waals surface area contributed by atoms with E-state index in [-0.39, 0.29) is 17.0 Å².